The van der Waals surface area contributed by atoms with Crippen LogP contribution in [0.4, 0.5) is 5.69 Å². The van der Waals surface area contributed by atoms with Gasteiger partial charge in [-0.3, -0.25) is 19.4 Å². The lowest BCUT2D eigenvalue weighted by atomic mass is 10.3. The summed E-state index contributed by atoms with van der Waals surface area (Å²) in [4.78, 5) is 29.9. The average molecular weight is 387 g/mol. The summed E-state index contributed by atoms with van der Waals surface area (Å²) in [5.74, 6) is -0.0243. The van der Waals surface area contributed by atoms with Gasteiger partial charge in [-0.25, -0.2) is 0 Å². The van der Waals surface area contributed by atoms with Crippen molar-refractivity contribution in [2.24, 2.45) is 0 Å². The fraction of sp³-hybridized carbons (Fsp3) is 0.529. The van der Waals surface area contributed by atoms with E-state index in [1.807, 2.05) is 0 Å². The molecule has 1 aliphatic rings. The molecule has 0 bridgehead atoms. The molecule has 0 saturated carbocycles. The minimum absolute atomic E-state index is 0.0989. The summed E-state index contributed by atoms with van der Waals surface area (Å²) in [5.41, 5.74) is 0.521. The van der Waals surface area contributed by atoms with Crippen LogP contribution in [0.15, 0.2) is 18.2 Å². The third-order valence-electron chi connectivity index (χ3n) is 4.13. The van der Waals surface area contributed by atoms with Gasteiger partial charge in [0, 0.05) is 27.2 Å². The molecule has 138 valence electrons. The molecule has 1 aliphatic heterocycles. The lowest BCUT2D eigenvalue weighted by Gasteiger charge is -2.22. The van der Waals surface area contributed by atoms with Gasteiger partial charge in [0.1, 0.15) is 0 Å². The largest absolute Gasteiger partial charge is 0.348 e. The molecule has 2 amide bonds. The zero-order valence-electron chi connectivity index (χ0n) is 14.6. The van der Waals surface area contributed by atoms with Crippen molar-refractivity contribution in [2.75, 3.05) is 58.7 Å². The third-order valence-corrected chi connectivity index (χ3v) is 4.95. The quantitative estimate of drug-likeness (QED) is 0.840. The normalized spacial score (nSPS) is 16.3. The second-order valence-corrected chi connectivity index (χ2v) is 7.13. The summed E-state index contributed by atoms with van der Waals surface area (Å²) in [5, 5.41) is 3.57. The number of nitrogens with one attached hydrogen (secondary N) is 1. The van der Waals surface area contributed by atoms with E-state index in [0.29, 0.717) is 22.3 Å². The Labute approximate surface area is 158 Å². The highest BCUT2D eigenvalue weighted by Gasteiger charge is 2.19. The molecule has 1 aromatic rings. The lowest BCUT2D eigenvalue weighted by Crippen LogP contribution is -2.39. The average Bonchev–Trinajstić information content (AvgIpc) is 2.77. The van der Waals surface area contributed by atoms with Crippen molar-refractivity contribution in [3.63, 3.8) is 0 Å². The van der Waals surface area contributed by atoms with E-state index in [4.69, 9.17) is 23.2 Å². The maximum absolute atomic E-state index is 12.3. The highest BCUT2D eigenvalue weighted by Crippen LogP contribution is 2.29. The predicted molar refractivity (Wildman–Crippen MR) is 101 cm³/mol. The van der Waals surface area contributed by atoms with E-state index in [9.17, 15) is 9.59 Å². The number of amides is 2. The summed E-state index contributed by atoms with van der Waals surface area (Å²) < 4.78 is 0. The number of halogens is 2. The molecule has 0 spiro atoms. The molecule has 1 aromatic carbocycles. The molecule has 0 aliphatic carbocycles. The van der Waals surface area contributed by atoms with Gasteiger partial charge in [-0.2, -0.15) is 0 Å². The summed E-state index contributed by atoms with van der Waals surface area (Å²) >= 11 is 12.1. The Morgan fingerprint density at radius 3 is 2.36 bits per heavy atom. The Bertz CT molecular complexity index is 625. The Morgan fingerprint density at radius 2 is 1.72 bits per heavy atom. The van der Waals surface area contributed by atoms with Crippen LogP contribution in [0.3, 0.4) is 0 Å². The topological polar surface area (TPSA) is 55.9 Å². The van der Waals surface area contributed by atoms with E-state index < -0.39 is 0 Å². The van der Waals surface area contributed by atoms with Gasteiger partial charge < -0.3 is 10.2 Å². The Balaban J connectivity index is 1.83. The van der Waals surface area contributed by atoms with E-state index >= 15 is 0 Å². The molecule has 1 fully saturated rings. The number of carbonyl (C=O) groups excluding carboxylic acids is 2. The van der Waals surface area contributed by atoms with Gasteiger partial charge in [0.2, 0.25) is 11.8 Å². The van der Waals surface area contributed by atoms with Crippen molar-refractivity contribution in [2.45, 2.75) is 6.42 Å². The summed E-state index contributed by atoms with van der Waals surface area (Å²) in [6.45, 7) is 3.91. The van der Waals surface area contributed by atoms with Gasteiger partial charge in [0.25, 0.3) is 0 Å². The molecule has 6 nitrogen and oxygen atoms in total. The Kier molecular flexibility index (Phi) is 7.50. The van der Waals surface area contributed by atoms with Crippen molar-refractivity contribution in [3.8, 4) is 0 Å². The lowest BCUT2D eigenvalue weighted by molar-refractivity contribution is -0.129. The first-order valence-corrected chi connectivity index (χ1v) is 9.01. The standard InChI is InChI=1S/C17H24Cl2N4O2/c1-21(2)16(25)12-23-8-4-7-22(9-10-23)11-15(24)20-14-6-3-5-13(18)17(14)19/h3,5-6H,4,7-12H2,1-2H3,(H,20,24). The highest BCUT2D eigenvalue weighted by atomic mass is 35.5. The zero-order valence-corrected chi connectivity index (χ0v) is 16.1. The van der Waals surface area contributed by atoms with Gasteiger partial charge in [-0.15, -0.1) is 0 Å². The minimum Gasteiger partial charge on any atom is -0.348 e. The molecule has 8 heteroatoms. The van der Waals surface area contributed by atoms with E-state index in [0.717, 1.165) is 32.6 Å². The Hall–Kier alpha value is -1.34. The van der Waals surface area contributed by atoms with E-state index in [-0.39, 0.29) is 18.4 Å². The van der Waals surface area contributed by atoms with Crippen LogP contribution in [0.25, 0.3) is 0 Å². The van der Waals surface area contributed by atoms with Gasteiger partial charge in [0.05, 0.1) is 28.8 Å². The third kappa shape index (κ3) is 6.15. The van der Waals surface area contributed by atoms with Crippen LogP contribution in [0.5, 0.6) is 0 Å². The first-order chi connectivity index (χ1) is 11.9. The van der Waals surface area contributed by atoms with Crippen LogP contribution in [-0.4, -0.2) is 79.9 Å². The molecular weight excluding hydrogens is 363 g/mol. The van der Waals surface area contributed by atoms with E-state index in [1.165, 1.54) is 0 Å². The number of benzene rings is 1. The molecule has 0 aromatic heterocycles. The second kappa shape index (κ2) is 9.38. The number of nitrogens with zero attached hydrogens (tertiary/aromatic N) is 3. The molecule has 25 heavy (non-hydrogen) atoms. The first-order valence-electron chi connectivity index (χ1n) is 8.25. The number of carbonyl (C=O) groups is 2. The maximum Gasteiger partial charge on any atom is 0.238 e. The fourth-order valence-corrected chi connectivity index (χ4v) is 3.01. The van der Waals surface area contributed by atoms with Gasteiger partial charge >= 0.3 is 0 Å². The van der Waals surface area contributed by atoms with Gasteiger partial charge in [0.15, 0.2) is 0 Å². The van der Waals surface area contributed by atoms with Crippen molar-refractivity contribution in [3.05, 3.63) is 28.2 Å². The smallest absolute Gasteiger partial charge is 0.238 e. The van der Waals surface area contributed by atoms with Gasteiger partial charge in [-0.1, -0.05) is 29.3 Å². The number of anilines is 1. The molecule has 0 radical (unpaired) electrons. The first kappa shape index (κ1) is 20.0. The maximum atomic E-state index is 12.3. The number of hydrogen-bond acceptors (Lipinski definition) is 4. The van der Waals surface area contributed by atoms with E-state index in [1.54, 1.807) is 37.2 Å². The van der Waals surface area contributed by atoms with Crippen LogP contribution >= 0.6 is 23.2 Å². The van der Waals surface area contributed by atoms with Gasteiger partial charge in [-0.05, 0) is 31.6 Å². The Morgan fingerprint density at radius 1 is 1.08 bits per heavy atom. The number of rotatable bonds is 5. The van der Waals surface area contributed by atoms with Crippen molar-refractivity contribution in [1.82, 2.24) is 14.7 Å². The van der Waals surface area contributed by atoms with Crippen LogP contribution in [0.1, 0.15) is 6.42 Å². The zero-order chi connectivity index (χ0) is 18.4. The SMILES string of the molecule is CN(C)C(=O)CN1CCCN(CC(=O)Nc2cccc(Cl)c2Cl)CC1. The second-order valence-electron chi connectivity index (χ2n) is 6.34. The summed E-state index contributed by atoms with van der Waals surface area (Å²) in [6, 6.07) is 5.15. The molecule has 0 atom stereocenters. The highest BCUT2D eigenvalue weighted by molar-refractivity contribution is 6.43. The van der Waals surface area contributed by atoms with Crippen LogP contribution in [0, 0.1) is 0 Å². The predicted octanol–water partition coefficient (Wildman–Crippen LogP) is 2.03. The van der Waals surface area contributed by atoms with E-state index in [2.05, 4.69) is 15.1 Å². The molecular formula is C17H24Cl2N4O2. The van der Waals surface area contributed by atoms with Crippen LogP contribution in [0.2, 0.25) is 10.0 Å². The number of hydrogen-bond donors (Lipinski definition) is 1. The summed E-state index contributed by atoms with van der Waals surface area (Å²) in [7, 11) is 3.52. The molecule has 2 rings (SSSR count). The molecule has 1 N–H and O–H groups in total. The molecule has 1 saturated heterocycles. The molecule has 1 heterocycles. The van der Waals surface area contributed by atoms with Crippen LogP contribution in [-0.2, 0) is 9.59 Å². The fourth-order valence-electron chi connectivity index (χ4n) is 2.67. The molecule has 0 unspecified atom stereocenters. The summed E-state index contributed by atoms with van der Waals surface area (Å²) in [6.07, 6.45) is 0.923. The minimum atomic E-state index is -0.123. The van der Waals surface area contributed by atoms with Crippen molar-refractivity contribution < 1.29 is 9.59 Å². The number of likely N-dealkylation sites (N-methyl/N-ethyl adjacent to an activating group) is 1. The monoisotopic (exact) mass is 386 g/mol. The van der Waals surface area contributed by atoms with Crippen molar-refractivity contribution in [1.29, 1.82) is 0 Å². The van der Waals surface area contributed by atoms with Crippen molar-refractivity contribution >= 4 is 40.7 Å². The van der Waals surface area contributed by atoms with Crippen LogP contribution < -0.4 is 5.32 Å².